The third kappa shape index (κ3) is 5.26. The first kappa shape index (κ1) is 32.1. The zero-order valence-corrected chi connectivity index (χ0v) is 26.4. The standard InChI is InChI=1S/C41H24F6N2O2/c42-40(43,44)26-20-21-28(33(22-26)41(45,46)47)30-15-9-16-31-29-14-5-6-18-34(29)48(37(30)31)23-25-12-8-17-32-36(25)39(51)49(38(32)50)35-19-7-4-13-27(35)24-10-2-1-3-11-24/h1-22H,23H2. The van der Waals surface area contributed by atoms with E-state index in [9.17, 15) is 35.9 Å². The van der Waals surface area contributed by atoms with Crippen LogP contribution in [0.3, 0.4) is 0 Å². The number of amides is 2. The van der Waals surface area contributed by atoms with E-state index in [-0.39, 0.29) is 29.3 Å². The molecule has 6 aromatic carbocycles. The van der Waals surface area contributed by atoms with Crippen LogP contribution in [-0.2, 0) is 18.9 Å². The van der Waals surface area contributed by atoms with E-state index in [0.29, 0.717) is 44.7 Å². The number of para-hydroxylation sites is 3. The number of imide groups is 1. The summed E-state index contributed by atoms with van der Waals surface area (Å²) in [5.74, 6) is -1.06. The van der Waals surface area contributed by atoms with Crippen LogP contribution in [0.4, 0.5) is 32.0 Å². The number of carbonyl (C=O) groups excluding carboxylic acids is 2. The maximum atomic E-state index is 14.4. The van der Waals surface area contributed by atoms with Crippen LogP contribution in [0.1, 0.15) is 37.4 Å². The van der Waals surface area contributed by atoms with Gasteiger partial charge in [0.25, 0.3) is 11.8 Å². The van der Waals surface area contributed by atoms with Crippen LogP contribution in [0.2, 0.25) is 0 Å². The first-order valence-corrected chi connectivity index (χ1v) is 15.9. The summed E-state index contributed by atoms with van der Waals surface area (Å²) in [6.45, 7) is -0.0284. The number of fused-ring (bicyclic) bond motifs is 4. The first-order valence-electron chi connectivity index (χ1n) is 15.9. The van der Waals surface area contributed by atoms with Gasteiger partial charge < -0.3 is 4.57 Å². The average molecular weight is 691 g/mol. The quantitative estimate of drug-likeness (QED) is 0.133. The number of halogens is 6. The van der Waals surface area contributed by atoms with E-state index in [0.717, 1.165) is 16.5 Å². The van der Waals surface area contributed by atoms with Crippen molar-refractivity contribution < 1.29 is 35.9 Å². The number of benzene rings is 6. The Morgan fingerprint density at radius 2 is 1.18 bits per heavy atom. The van der Waals surface area contributed by atoms with Crippen molar-refractivity contribution in [2.45, 2.75) is 18.9 Å². The van der Waals surface area contributed by atoms with Gasteiger partial charge in [-0.1, -0.05) is 103 Å². The van der Waals surface area contributed by atoms with Crippen LogP contribution in [0.5, 0.6) is 0 Å². The smallest absolute Gasteiger partial charge is 0.335 e. The summed E-state index contributed by atoms with van der Waals surface area (Å²) in [6.07, 6.45) is -10.1. The Morgan fingerprint density at radius 1 is 0.529 bits per heavy atom. The van der Waals surface area contributed by atoms with Gasteiger partial charge in [0.05, 0.1) is 33.5 Å². The third-order valence-corrected chi connectivity index (χ3v) is 9.29. The predicted octanol–water partition coefficient (Wildman–Crippen LogP) is 11.0. The van der Waals surface area contributed by atoms with Gasteiger partial charge in [-0.15, -0.1) is 0 Å². The van der Waals surface area contributed by atoms with Crippen molar-refractivity contribution in [3.05, 3.63) is 161 Å². The van der Waals surface area contributed by atoms with Crippen LogP contribution in [0, 0.1) is 0 Å². The largest absolute Gasteiger partial charge is 0.417 e. The molecule has 2 heterocycles. The molecule has 2 amide bonds. The van der Waals surface area contributed by atoms with Crippen LogP contribution in [0.15, 0.2) is 133 Å². The van der Waals surface area contributed by atoms with Crippen LogP contribution >= 0.6 is 0 Å². The monoisotopic (exact) mass is 690 g/mol. The van der Waals surface area contributed by atoms with Crippen molar-refractivity contribution >= 4 is 39.3 Å². The van der Waals surface area contributed by atoms with Gasteiger partial charge in [0.15, 0.2) is 0 Å². The molecule has 0 saturated heterocycles. The molecule has 7 aromatic rings. The van der Waals surface area contributed by atoms with E-state index in [2.05, 4.69) is 0 Å². The molecule has 0 N–H and O–H groups in total. The summed E-state index contributed by atoms with van der Waals surface area (Å²) in [4.78, 5) is 29.4. The van der Waals surface area contributed by atoms with Crippen molar-refractivity contribution in [3.63, 3.8) is 0 Å². The molecule has 0 fully saturated rings. The maximum absolute atomic E-state index is 14.4. The summed E-state index contributed by atoms with van der Waals surface area (Å²) >= 11 is 0. The summed E-state index contributed by atoms with van der Waals surface area (Å²) in [6, 6.07) is 34.9. The molecule has 0 bridgehead atoms. The van der Waals surface area contributed by atoms with E-state index in [4.69, 9.17) is 0 Å². The SMILES string of the molecule is O=C1c2cccc(Cn3c4ccccc4c4cccc(-c5ccc(C(F)(F)F)cc5C(F)(F)F)c43)c2C(=O)N1c1ccccc1-c1ccccc1. The Morgan fingerprint density at radius 3 is 1.94 bits per heavy atom. The van der Waals surface area contributed by atoms with Gasteiger partial charge in [-0.3, -0.25) is 9.59 Å². The molecule has 1 aliphatic rings. The Labute approximate surface area is 286 Å². The molecule has 0 aliphatic carbocycles. The van der Waals surface area contributed by atoms with Crippen LogP contribution < -0.4 is 4.90 Å². The number of anilines is 1. The predicted molar refractivity (Wildman–Crippen MR) is 183 cm³/mol. The number of carbonyl (C=O) groups is 2. The summed E-state index contributed by atoms with van der Waals surface area (Å²) in [5.41, 5.74) is 0.476. The number of aromatic nitrogens is 1. The molecular weight excluding hydrogens is 666 g/mol. The molecule has 8 rings (SSSR count). The van der Waals surface area contributed by atoms with E-state index in [1.807, 2.05) is 48.5 Å². The second kappa shape index (κ2) is 11.7. The fourth-order valence-corrected chi connectivity index (χ4v) is 7.09. The van der Waals surface area contributed by atoms with Crippen molar-refractivity contribution in [2.75, 3.05) is 4.90 Å². The van der Waals surface area contributed by atoms with E-state index in [1.54, 1.807) is 65.2 Å². The first-order chi connectivity index (χ1) is 24.4. The van der Waals surface area contributed by atoms with Crippen LogP contribution in [0.25, 0.3) is 44.1 Å². The molecule has 1 aromatic heterocycles. The second-order valence-corrected chi connectivity index (χ2v) is 12.2. The van der Waals surface area contributed by atoms with Gasteiger partial charge in [-0.2, -0.15) is 26.3 Å². The summed E-state index contributed by atoms with van der Waals surface area (Å²) in [7, 11) is 0. The highest BCUT2D eigenvalue weighted by Gasteiger charge is 2.41. The van der Waals surface area contributed by atoms with Gasteiger partial charge in [0.2, 0.25) is 0 Å². The number of alkyl halides is 6. The topological polar surface area (TPSA) is 42.3 Å². The minimum atomic E-state index is -5.10. The Balaban J connectivity index is 1.31. The zero-order chi connectivity index (χ0) is 35.7. The van der Waals surface area contributed by atoms with Crippen molar-refractivity contribution in [1.82, 2.24) is 4.57 Å². The lowest BCUT2D eigenvalue weighted by molar-refractivity contribution is -0.142. The zero-order valence-electron chi connectivity index (χ0n) is 26.4. The minimum Gasteiger partial charge on any atom is -0.335 e. The normalized spacial score (nSPS) is 13.4. The molecule has 0 saturated carbocycles. The van der Waals surface area contributed by atoms with Crippen molar-refractivity contribution in [1.29, 1.82) is 0 Å². The third-order valence-electron chi connectivity index (χ3n) is 9.29. The number of hydrogen-bond donors (Lipinski definition) is 0. The molecule has 0 atom stereocenters. The molecule has 4 nitrogen and oxygen atoms in total. The van der Waals surface area contributed by atoms with E-state index < -0.39 is 40.9 Å². The molecule has 10 heteroatoms. The highest BCUT2D eigenvalue weighted by molar-refractivity contribution is 6.35. The van der Waals surface area contributed by atoms with E-state index >= 15 is 0 Å². The van der Waals surface area contributed by atoms with Gasteiger partial charge in [-0.05, 0) is 47.0 Å². The van der Waals surface area contributed by atoms with E-state index in [1.165, 1.54) is 6.07 Å². The molecular formula is C41H24F6N2O2. The Bertz CT molecular complexity index is 2530. The maximum Gasteiger partial charge on any atom is 0.417 e. The Hall–Kier alpha value is -6.16. The van der Waals surface area contributed by atoms with Gasteiger partial charge in [-0.25, -0.2) is 4.90 Å². The molecule has 51 heavy (non-hydrogen) atoms. The number of rotatable bonds is 5. The fourth-order valence-electron chi connectivity index (χ4n) is 7.09. The molecule has 0 spiro atoms. The van der Waals surface area contributed by atoms with Crippen molar-refractivity contribution in [2.24, 2.45) is 0 Å². The number of hydrogen-bond acceptors (Lipinski definition) is 2. The molecule has 0 unspecified atom stereocenters. The van der Waals surface area contributed by atoms with Gasteiger partial charge in [0, 0.05) is 34.0 Å². The fraction of sp³-hybridized carbons (Fsp3) is 0.0732. The lowest BCUT2D eigenvalue weighted by Crippen LogP contribution is -2.30. The second-order valence-electron chi connectivity index (χ2n) is 12.2. The number of nitrogens with zero attached hydrogens (tertiary/aromatic N) is 2. The molecule has 252 valence electrons. The molecule has 0 radical (unpaired) electrons. The Kier molecular flexibility index (Phi) is 7.37. The lowest BCUT2D eigenvalue weighted by atomic mass is 9.95. The summed E-state index contributed by atoms with van der Waals surface area (Å²) < 4.78 is 85.8. The average Bonchev–Trinajstić information content (AvgIpc) is 3.58. The van der Waals surface area contributed by atoms with Crippen molar-refractivity contribution in [3.8, 4) is 22.3 Å². The minimum absolute atomic E-state index is 0.0284. The summed E-state index contributed by atoms with van der Waals surface area (Å²) in [5, 5.41) is 1.27. The highest BCUT2D eigenvalue weighted by atomic mass is 19.4. The lowest BCUT2D eigenvalue weighted by Gasteiger charge is -2.19. The van der Waals surface area contributed by atoms with Gasteiger partial charge in [0.1, 0.15) is 0 Å². The van der Waals surface area contributed by atoms with Gasteiger partial charge >= 0.3 is 12.4 Å². The highest BCUT2D eigenvalue weighted by Crippen LogP contribution is 2.45. The molecule has 1 aliphatic heterocycles. The van der Waals surface area contributed by atoms with Crippen LogP contribution in [-0.4, -0.2) is 16.4 Å².